The van der Waals surface area contributed by atoms with E-state index in [1.807, 2.05) is 4.57 Å². The van der Waals surface area contributed by atoms with Crippen molar-refractivity contribution in [1.82, 2.24) is 13.8 Å². The molecule has 0 unspecified atom stereocenters. The van der Waals surface area contributed by atoms with E-state index < -0.39 is 35.7 Å². The highest BCUT2D eigenvalue weighted by Gasteiger charge is 2.32. The molecular formula is C32H33F2N3O5SSi. The number of rotatable bonds is 8. The molecule has 3 aromatic carbocycles. The third kappa shape index (κ3) is 5.46. The van der Waals surface area contributed by atoms with Crippen molar-refractivity contribution in [3.8, 4) is 16.8 Å². The molecule has 1 fully saturated rings. The molecule has 0 amide bonds. The van der Waals surface area contributed by atoms with Crippen LogP contribution in [0.4, 0.5) is 8.78 Å². The van der Waals surface area contributed by atoms with Gasteiger partial charge in [-0.15, -0.1) is 0 Å². The van der Waals surface area contributed by atoms with Gasteiger partial charge in [-0.2, -0.15) is 9.19 Å². The maximum Gasteiger partial charge on any atom is 0.335 e. The minimum Gasteiger partial charge on any atom is -0.478 e. The third-order valence-corrected chi connectivity index (χ3v) is 11.9. The van der Waals surface area contributed by atoms with E-state index in [1.165, 1.54) is 30.5 Å². The number of fused-ring (bicyclic) bond motifs is 2. The van der Waals surface area contributed by atoms with Gasteiger partial charge in [-0.3, -0.25) is 0 Å². The summed E-state index contributed by atoms with van der Waals surface area (Å²) in [6.07, 6.45) is 2.66. The summed E-state index contributed by atoms with van der Waals surface area (Å²) < 4.78 is 66.6. The molecule has 230 valence electrons. The summed E-state index contributed by atoms with van der Waals surface area (Å²) in [7, 11) is -5.70. The Labute approximate surface area is 254 Å². The molecular weight excluding hydrogens is 605 g/mol. The summed E-state index contributed by atoms with van der Waals surface area (Å²) in [5, 5.41) is 14.2. The quantitative estimate of drug-likeness (QED) is 0.183. The van der Waals surface area contributed by atoms with E-state index in [1.54, 1.807) is 30.3 Å². The normalized spacial score (nSPS) is 14.9. The second-order valence-corrected chi connectivity index (χ2v) is 20.0. The van der Waals surface area contributed by atoms with Crippen LogP contribution in [-0.4, -0.2) is 60.3 Å². The molecule has 0 radical (unpaired) electrons. The van der Waals surface area contributed by atoms with Crippen molar-refractivity contribution in [2.45, 2.75) is 44.4 Å². The van der Waals surface area contributed by atoms with Crippen LogP contribution in [0.5, 0.6) is 0 Å². The number of ether oxygens (including phenoxy) is 1. The minimum absolute atomic E-state index is 0.0742. The van der Waals surface area contributed by atoms with Gasteiger partial charge in [0.25, 0.3) is 10.0 Å². The maximum atomic E-state index is 17.1. The van der Waals surface area contributed by atoms with Crippen LogP contribution < -0.4 is 0 Å². The molecule has 1 saturated heterocycles. The molecule has 0 atom stereocenters. The van der Waals surface area contributed by atoms with E-state index in [-0.39, 0.29) is 28.1 Å². The zero-order chi connectivity index (χ0) is 31.4. The number of carbonyl (C=O) groups is 1. The number of carboxylic acids is 1. The molecule has 1 aliphatic rings. The number of benzene rings is 3. The van der Waals surface area contributed by atoms with Gasteiger partial charge >= 0.3 is 5.97 Å². The van der Waals surface area contributed by atoms with Crippen molar-refractivity contribution in [2.24, 2.45) is 0 Å². The van der Waals surface area contributed by atoms with Gasteiger partial charge in [0.1, 0.15) is 11.3 Å². The monoisotopic (exact) mass is 637 g/mol. The molecule has 0 saturated carbocycles. The van der Waals surface area contributed by atoms with Crippen LogP contribution in [0.15, 0.2) is 60.8 Å². The smallest absolute Gasteiger partial charge is 0.335 e. The lowest BCUT2D eigenvalue weighted by molar-refractivity contribution is 0.0696. The van der Waals surface area contributed by atoms with Crippen molar-refractivity contribution >= 4 is 45.9 Å². The van der Waals surface area contributed by atoms with Crippen LogP contribution in [0.1, 0.15) is 34.8 Å². The van der Waals surface area contributed by atoms with Gasteiger partial charge in [0.2, 0.25) is 0 Å². The number of aromatic carboxylic acids is 1. The summed E-state index contributed by atoms with van der Waals surface area (Å²) >= 11 is 0. The van der Waals surface area contributed by atoms with Crippen molar-refractivity contribution in [1.29, 1.82) is 0 Å². The summed E-state index contributed by atoms with van der Waals surface area (Å²) in [6.45, 7) is 7.23. The Balaban J connectivity index is 1.71. The SMILES string of the molecule is C[Si](C)(C)CCS(=O)(=O)n1ncc2cc3c(c(-c4ccc(C(=O)O)cc4)c(C4CCOCC4)n3-c3ccc(F)cc3)c(F)c21. The number of hydrogen-bond donors (Lipinski definition) is 1. The predicted octanol–water partition coefficient (Wildman–Crippen LogP) is 7.03. The lowest BCUT2D eigenvalue weighted by Gasteiger charge is -2.26. The molecule has 0 bridgehead atoms. The van der Waals surface area contributed by atoms with Gasteiger partial charge in [0, 0.05) is 54.9 Å². The Morgan fingerprint density at radius 2 is 1.70 bits per heavy atom. The molecule has 0 spiro atoms. The number of carboxylic acid groups (broad SMARTS) is 1. The van der Waals surface area contributed by atoms with Crippen LogP contribution in [-0.2, 0) is 14.8 Å². The van der Waals surface area contributed by atoms with E-state index in [4.69, 9.17) is 4.74 Å². The van der Waals surface area contributed by atoms with Gasteiger partial charge < -0.3 is 14.4 Å². The minimum atomic E-state index is -3.97. The zero-order valence-electron chi connectivity index (χ0n) is 24.7. The van der Waals surface area contributed by atoms with Gasteiger partial charge in [-0.05, 0) is 66.9 Å². The first-order chi connectivity index (χ1) is 20.9. The first-order valence-electron chi connectivity index (χ1n) is 14.5. The van der Waals surface area contributed by atoms with Crippen molar-refractivity contribution in [3.05, 3.63) is 83.7 Å². The molecule has 0 aliphatic carbocycles. The Bertz CT molecular complexity index is 1990. The van der Waals surface area contributed by atoms with Gasteiger partial charge in [0.15, 0.2) is 5.82 Å². The van der Waals surface area contributed by atoms with Crippen molar-refractivity contribution < 1.29 is 31.8 Å². The summed E-state index contributed by atoms with van der Waals surface area (Å²) in [5.74, 6) is -2.46. The number of halogens is 2. The van der Waals surface area contributed by atoms with Gasteiger partial charge in [-0.1, -0.05) is 31.8 Å². The average molecular weight is 638 g/mol. The first kappa shape index (κ1) is 30.2. The third-order valence-electron chi connectivity index (χ3n) is 8.22. The van der Waals surface area contributed by atoms with Crippen molar-refractivity contribution in [3.63, 3.8) is 0 Å². The molecule has 6 rings (SSSR count). The molecule has 1 N–H and O–H groups in total. The van der Waals surface area contributed by atoms with Crippen molar-refractivity contribution in [2.75, 3.05) is 19.0 Å². The summed E-state index contributed by atoms with van der Waals surface area (Å²) in [4.78, 5) is 11.6. The molecule has 12 heteroatoms. The Kier molecular flexibility index (Phi) is 7.71. The second kappa shape index (κ2) is 11.2. The van der Waals surface area contributed by atoms with Crippen LogP contribution >= 0.6 is 0 Å². The summed E-state index contributed by atoms with van der Waals surface area (Å²) in [6, 6.07) is 14.4. The van der Waals surface area contributed by atoms with E-state index in [0.717, 1.165) is 9.78 Å². The molecule has 3 heterocycles. The van der Waals surface area contributed by atoms with Gasteiger partial charge in [-0.25, -0.2) is 22.0 Å². The topological polar surface area (TPSA) is 103 Å². The Morgan fingerprint density at radius 3 is 2.32 bits per heavy atom. The molecule has 8 nitrogen and oxygen atoms in total. The van der Waals surface area contributed by atoms with E-state index in [0.29, 0.717) is 59.8 Å². The fourth-order valence-corrected chi connectivity index (χ4v) is 10.2. The molecule has 44 heavy (non-hydrogen) atoms. The molecule has 1 aliphatic heterocycles. The molecule has 2 aromatic heterocycles. The van der Waals surface area contributed by atoms with E-state index in [9.17, 15) is 22.7 Å². The Hall–Kier alpha value is -3.87. The van der Waals surface area contributed by atoms with Crippen LogP contribution in [0.3, 0.4) is 0 Å². The standard InChI is InChI=1S/C32H33F2N3O5SSi/c1-44(2,3)17-16-43(40,41)37-31-23(19-35-37)18-26-28(29(31)34)27(20-4-6-22(7-5-20)32(38)39)30(21-12-14-42-15-13-21)36(26)25-10-8-24(33)9-11-25/h4-11,18-19,21H,12-17H2,1-3H3,(H,38,39). The summed E-state index contributed by atoms with van der Waals surface area (Å²) in [5.41, 5.74) is 2.91. The highest BCUT2D eigenvalue weighted by Crippen LogP contribution is 2.46. The van der Waals surface area contributed by atoms with Crippen LogP contribution in [0.25, 0.3) is 38.6 Å². The second-order valence-electron chi connectivity index (χ2n) is 12.5. The fraction of sp³-hybridized carbons (Fsp3) is 0.312. The largest absolute Gasteiger partial charge is 0.478 e. The maximum absolute atomic E-state index is 17.1. The fourth-order valence-electron chi connectivity index (χ4n) is 5.92. The van der Waals surface area contributed by atoms with E-state index in [2.05, 4.69) is 24.7 Å². The van der Waals surface area contributed by atoms with Crippen LogP contribution in [0.2, 0.25) is 25.7 Å². The zero-order valence-corrected chi connectivity index (χ0v) is 26.5. The number of nitrogens with zero attached hydrogens (tertiary/aromatic N) is 3. The highest BCUT2D eigenvalue weighted by atomic mass is 32.2. The van der Waals surface area contributed by atoms with Crippen LogP contribution in [0, 0.1) is 11.6 Å². The van der Waals surface area contributed by atoms with E-state index >= 15 is 4.39 Å². The highest BCUT2D eigenvalue weighted by molar-refractivity contribution is 7.90. The lowest BCUT2D eigenvalue weighted by Crippen LogP contribution is -2.27. The first-order valence-corrected chi connectivity index (χ1v) is 19.8. The number of aromatic nitrogens is 3. The lowest BCUT2D eigenvalue weighted by atomic mass is 9.89. The Morgan fingerprint density at radius 1 is 1.05 bits per heavy atom. The average Bonchev–Trinajstić information content (AvgIpc) is 3.58. The molecule has 5 aromatic rings. The number of hydrogen-bond acceptors (Lipinski definition) is 5. The van der Waals surface area contributed by atoms with Gasteiger partial charge in [0.05, 0.1) is 23.0 Å². The predicted molar refractivity (Wildman–Crippen MR) is 169 cm³/mol.